The molecule has 0 N–H and O–H groups in total. The second-order valence-corrected chi connectivity index (χ2v) is 9.85. The molecule has 0 aliphatic carbocycles. The molecule has 0 fully saturated rings. The molecule has 0 radical (unpaired) electrons. The van der Waals surface area contributed by atoms with E-state index in [1.165, 1.54) is 18.2 Å². The maximum Gasteiger partial charge on any atom is 0.416 e. The molecule has 0 saturated heterocycles. The normalized spacial score (nSPS) is 19.8. The van der Waals surface area contributed by atoms with Gasteiger partial charge >= 0.3 is 6.18 Å². The van der Waals surface area contributed by atoms with E-state index in [-0.39, 0.29) is 5.69 Å². The van der Waals surface area contributed by atoms with Crippen LogP contribution in [0.3, 0.4) is 0 Å². The van der Waals surface area contributed by atoms with Crippen molar-refractivity contribution in [3.63, 3.8) is 0 Å². The van der Waals surface area contributed by atoms with Gasteiger partial charge in [-0.15, -0.1) is 0 Å². The van der Waals surface area contributed by atoms with E-state index in [2.05, 4.69) is 0 Å². The Balaban J connectivity index is 1.69. The minimum absolute atomic E-state index is 0.0536. The number of likely N-dealkylation sites (N-methyl/N-ethyl adjacent to an activating group) is 1. The van der Waals surface area contributed by atoms with Gasteiger partial charge < -0.3 is 4.90 Å². The Hall–Kier alpha value is -3.42. The molecule has 178 valence electrons. The molecule has 0 bridgehead atoms. The van der Waals surface area contributed by atoms with Crippen LogP contribution >= 0.6 is 0 Å². The van der Waals surface area contributed by atoms with Crippen LogP contribution in [0.25, 0.3) is 0 Å². The summed E-state index contributed by atoms with van der Waals surface area (Å²) in [5.74, 6) is 0. The monoisotopic (exact) mass is 470 g/mol. The lowest BCUT2D eigenvalue weighted by atomic mass is 9.80. The van der Waals surface area contributed by atoms with Gasteiger partial charge in [-0.25, -0.2) is 0 Å². The minimum Gasteiger partial charge on any atom is -0.347 e. The van der Waals surface area contributed by atoms with Crippen molar-refractivity contribution < 1.29 is 22.7 Å². The number of benzene rings is 2. The molecular formula is C26H27F3N3O2+. The SMILES string of the molecule is CN1/C(=C/C=C/C2=[N+](C)c3ccc(C(F)(F)F)cc3C2(C)C)C(C)(C)c2cc([N+](=O)[O-])ccc21. The zero-order valence-corrected chi connectivity index (χ0v) is 20.0. The second kappa shape index (κ2) is 7.55. The molecular weight excluding hydrogens is 443 g/mol. The summed E-state index contributed by atoms with van der Waals surface area (Å²) < 4.78 is 41.8. The van der Waals surface area contributed by atoms with Gasteiger partial charge in [-0.05, 0) is 43.7 Å². The number of non-ortho nitro benzene ring substituents is 1. The van der Waals surface area contributed by atoms with Gasteiger partial charge in [0.2, 0.25) is 5.69 Å². The molecule has 0 atom stereocenters. The molecule has 2 aromatic carbocycles. The molecule has 0 spiro atoms. The third-order valence-electron chi connectivity index (χ3n) is 7.10. The zero-order valence-electron chi connectivity index (χ0n) is 20.0. The highest BCUT2D eigenvalue weighted by Gasteiger charge is 2.45. The van der Waals surface area contributed by atoms with Crippen LogP contribution < -0.4 is 4.90 Å². The lowest BCUT2D eigenvalue weighted by molar-refractivity contribution is -0.401. The number of nitrogens with zero attached hydrogens (tertiary/aromatic N) is 3. The fraction of sp³-hybridized carbons (Fsp3) is 0.346. The smallest absolute Gasteiger partial charge is 0.347 e. The average molecular weight is 471 g/mol. The first-order chi connectivity index (χ1) is 15.7. The maximum atomic E-state index is 13.3. The zero-order chi connectivity index (χ0) is 25.2. The Kier molecular flexibility index (Phi) is 5.27. The van der Waals surface area contributed by atoms with E-state index in [1.54, 1.807) is 12.1 Å². The molecule has 2 heterocycles. The van der Waals surface area contributed by atoms with Crippen molar-refractivity contribution in [2.45, 2.75) is 44.7 Å². The van der Waals surface area contributed by atoms with Crippen LogP contribution in [0.2, 0.25) is 0 Å². The highest BCUT2D eigenvalue weighted by molar-refractivity contribution is 6.03. The predicted molar refractivity (Wildman–Crippen MR) is 127 cm³/mol. The van der Waals surface area contributed by atoms with Gasteiger partial charge in [-0.2, -0.15) is 17.7 Å². The fourth-order valence-electron chi connectivity index (χ4n) is 5.18. The Morgan fingerprint density at radius 2 is 1.71 bits per heavy atom. The van der Waals surface area contributed by atoms with Crippen LogP contribution in [0.1, 0.15) is 44.4 Å². The summed E-state index contributed by atoms with van der Waals surface area (Å²) >= 11 is 0. The van der Waals surface area contributed by atoms with Crippen molar-refractivity contribution in [2.24, 2.45) is 0 Å². The molecule has 0 amide bonds. The van der Waals surface area contributed by atoms with Gasteiger partial charge in [0.15, 0.2) is 5.71 Å². The van der Waals surface area contributed by atoms with E-state index in [0.29, 0.717) is 5.56 Å². The van der Waals surface area contributed by atoms with E-state index in [4.69, 9.17) is 0 Å². The minimum atomic E-state index is -4.39. The molecule has 0 unspecified atom stereocenters. The van der Waals surface area contributed by atoms with Crippen molar-refractivity contribution in [1.29, 1.82) is 0 Å². The van der Waals surface area contributed by atoms with Gasteiger partial charge in [0.25, 0.3) is 5.69 Å². The van der Waals surface area contributed by atoms with Gasteiger partial charge in [-0.1, -0.05) is 19.9 Å². The quantitative estimate of drug-likeness (QED) is 0.293. The topological polar surface area (TPSA) is 49.4 Å². The van der Waals surface area contributed by atoms with Crippen LogP contribution in [0.5, 0.6) is 0 Å². The molecule has 2 aliphatic heterocycles. The number of allylic oxidation sites excluding steroid dienone is 4. The lowest BCUT2D eigenvalue weighted by Crippen LogP contribution is -2.27. The molecule has 0 aromatic heterocycles. The highest BCUT2D eigenvalue weighted by Crippen LogP contribution is 2.48. The van der Waals surface area contributed by atoms with Gasteiger partial charge in [-0.3, -0.25) is 10.1 Å². The second-order valence-electron chi connectivity index (χ2n) is 9.85. The van der Waals surface area contributed by atoms with E-state index < -0.39 is 27.5 Å². The molecule has 2 aliphatic rings. The average Bonchev–Trinajstić information content (AvgIpc) is 3.06. The van der Waals surface area contributed by atoms with Crippen LogP contribution in [0, 0.1) is 10.1 Å². The molecule has 8 heteroatoms. The van der Waals surface area contributed by atoms with Gasteiger partial charge in [0.1, 0.15) is 7.05 Å². The standard InChI is InChI=1S/C26H27F3N3O2/c1-24(2)18-14-16(26(27,28)29)10-12-20(18)30(5)22(24)8-7-9-23-25(3,4)19-15-17(32(33)34)11-13-21(19)31(23)6/h7-15H,1-6H3/q+1. The Morgan fingerprint density at radius 3 is 2.32 bits per heavy atom. The van der Waals surface area contributed by atoms with Crippen molar-refractivity contribution in [3.8, 4) is 0 Å². The van der Waals surface area contributed by atoms with Gasteiger partial charge in [0.05, 0.1) is 15.9 Å². The van der Waals surface area contributed by atoms with Crippen molar-refractivity contribution >= 4 is 22.8 Å². The van der Waals surface area contributed by atoms with Crippen LogP contribution in [0.4, 0.5) is 30.2 Å². The summed E-state index contributed by atoms with van der Waals surface area (Å²) in [7, 11) is 3.78. The first kappa shape index (κ1) is 23.7. The molecule has 0 saturated carbocycles. The Morgan fingerprint density at radius 1 is 1.03 bits per heavy atom. The van der Waals surface area contributed by atoms with Crippen molar-refractivity contribution in [3.05, 3.63) is 87.1 Å². The van der Waals surface area contributed by atoms with Crippen molar-refractivity contribution in [1.82, 2.24) is 0 Å². The summed E-state index contributed by atoms with van der Waals surface area (Å²) in [6, 6.07) is 8.76. The maximum absolute atomic E-state index is 13.3. The first-order valence-corrected chi connectivity index (χ1v) is 10.9. The summed E-state index contributed by atoms with van der Waals surface area (Å²) in [5, 5.41) is 11.3. The fourth-order valence-corrected chi connectivity index (χ4v) is 5.18. The van der Waals surface area contributed by atoms with Gasteiger partial charge in [0, 0.05) is 53.7 Å². The summed E-state index contributed by atoms with van der Waals surface area (Å²) in [4.78, 5) is 12.9. The van der Waals surface area contributed by atoms with E-state index in [1.807, 2.05) is 69.5 Å². The van der Waals surface area contributed by atoms with Crippen LogP contribution in [-0.2, 0) is 17.0 Å². The number of anilines is 1. The van der Waals surface area contributed by atoms with Crippen LogP contribution in [0.15, 0.2) is 60.3 Å². The number of rotatable bonds is 3. The number of alkyl halides is 3. The third-order valence-corrected chi connectivity index (χ3v) is 7.10. The molecule has 5 nitrogen and oxygen atoms in total. The van der Waals surface area contributed by atoms with E-state index in [9.17, 15) is 23.3 Å². The molecule has 34 heavy (non-hydrogen) atoms. The highest BCUT2D eigenvalue weighted by atomic mass is 19.4. The Labute approximate surface area is 196 Å². The number of halogens is 3. The number of hydrogen-bond acceptors (Lipinski definition) is 3. The Bertz CT molecular complexity index is 1300. The number of nitro benzene ring substituents is 1. The molecule has 4 rings (SSSR count). The largest absolute Gasteiger partial charge is 0.416 e. The predicted octanol–water partition coefficient (Wildman–Crippen LogP) is 6.49. The summed E-state index contributed by atoms with van der Waals surface area (Å²) in [6.07, 6.45) is 1.40. The number of fused-ring (bicyclic) bond motifs is 2. The summed E-state index contributed by atoms with van der Waals surface area (Å²) in [5.41, 5.74) is 3.36. The lowest BCUT2D eigenvalue weighted by Gasteiger charge is -2.23. The number of nitro groups is 1. The third kappa shape index (κ3) is 3.52. The van der Waals surface area contributed by atoms with Crippen LogP contribution in [-0.4, -0.2) is 29.3 Å². The summed E-state index contributed by atoms with van der Waals surface area (Å²) in [6.45, 7) is 7.88. The molecule has 2 aromatic rings. The number of hydrogen-bond donors (Lipinski definition) is 0. The van der Waals surface area contributed by atoms with E-state index in [0.717, 1.165) is 34.4 Å². The first-order valence-electron chi connectivity index (χ1n) is 10.9. The van der Waals surface area contributed by atoms with Crippen molar-refractivity contribution in [2.75, 3.05) is 19.0 Å². The van der Waals surface area contributed by atoms with E-state index >= 15 is 0 Å².